The SMILES string of the molecule is CO.COCCN(c1ccn(Cc2ccccc2)n1)C(C)C. The van der Waals surface area contributed by atoms with Gasteiger partial charge in [-0.1, -0.05) is 30.3 Å². The predicted molar refractivity (Wildman–Crippen MR) is 90.3 cm³/mol. The molecule has 2 aromatic rings. The molecule has 5 heteroatoms. The van der Waals surface area contributed by atoms with E-state index in [2.05, 4.69) is 54.2 Å². The minimum absolute atomic E-state index is 0.408. The molecule has 0 saturated carbocycles. The van der Waals surface area contributed by atoms with Crippen molar-refractivity contribution in [3.8, 4) is 0 Å². The van der Waals surface area contributed by atoms with Crippen LogP contribution >= 0.6 is 0 Å². The van der Waals surface area contributed by atoms with E-state index in [1.807, 2.05) is 16.9 Å². The molecule has 0 spiro atoms. The predicted octanol–water partition coefficient (Wildman–Crippen LogP) is 2.40. The molecule has 1 aromatic heterocycles. The van der Waals surface area contributed by atoms with Gasteiger partial charge in [-0.2, -0.15) is 5.10 Å². The van der Waals surface area contributed by atoms with Gasteiger partial charge in [0, 0.05) is 39.1 Å². The number of nitrogens with zero attached hydrogens (tertiary/aromatic N) is 3. The zero-order chi connectivity index (χ0) is 16.4. The van der Waals surface area contributed by atoms with Gasteiger partial charge in [0.25, 0.3) is 0 Å². The summed E-state index contributed by atoms with van der Waals surface area (Å²) in [6.45, 7) is 6.72. The molecule has 5 nitrogen and oxygen atoms in total. The third-order valence-corrected chi connectivity index (χ3v) is 3.27. The van der Waals surface area contributed by atoms with Gasteiger partial charge >= 0.3 is 0 Å². The average Bonchev–Trinajstić information content (AvgIpc) is 2.98. The lowest BCUT2D eigenvalue weighted by Crippen LogP contribution is -2.34. The monoisotopic (exact) mass is 305 g/mol. The van der Waals surface area contributed by atoms with Gasteiger partial charge in [-0.3, -0.25) is 4.68 Å². The molecule has 0 radical (unpaired) electrons. The van der Waals surface area contributed by atoms with E-state index >= 15 is 0 Å². The largest absolute Gasteiger partial charge is 0.400 e. The van der Waals surface area contributed by atoms with E-state index < -0.39 is 0 Å². The number of hydrogen-bond donors (Lipinski definition) is 1. The number of hydrogen-bond acceptors (Lipinski definition) is 4. The van der Waals surface area contributed by atoms with Crippen LogP contribution in [0.2, 0.25) is 0 Å². The van der Waals surface area contributed by atoms with Crippen molar-refractivity contribution in [1.29, 1.82) is 0 Å². The number of rotatable bonds is 7. The van der Waals surface area contributed by atoms with Gasteiger partial charge in [0.05, 0.1) is 13.2 Å². The van der Waals surface area contributed by atoms with Gasteiger partial charge in [0.15, 0.2) is 5.82 Å². The quantitative estimate of drug-likeness (QED) is 0.853. The summed E-state index contributed by atoms with van der Waals surface area (Å²) >= 11 is 0. The van der Waals surface area contributed by atoms with E-state index in [0.29, 0.717) is 12.6 Å². The number of aromatic nitrogens is 2. The van der Waals surface area contributed by atoms with Crippen LogP contribution in [0, 0.1) is 0 Å². The van der Waals surface area contributed by atoms with Crippen LogP contribution in [0.4, 0.5) is 5.82 Å². The zero-order valence-electron chi connectivity index (χ0n) is 13.9. The Hall–Kier alpha value is -1.85. The van der Waals surface area contributed by atoms with Crippen LogP contribution in [0.25, 0.3) is 0 Å². The van der Waals surface area contributed by atoms with Crippen LogP contribution in [0.3, 0.4) is 0 Å². The second-order valence-corrected chi connectivity index (χ2v) is 5.14. The van der Waals surface area contributed by atoms with E-state index in [1.54, 1.807) is 7.11 Å². The van der Waals surface area contributed by atoms with Crippen molar-refractivity contribution in [2.24, 2.45) is 0 Å². The fraction of sp³-hybridized carbons (Fsp3) is 0.471. The van der Waals surface area contributed by atoms with E-state index in [9.17, 15) is 0 Å². The third kappa shape index (κ3) is 5.50. The van der Waals surface area contributed by atoms with E-state index in [0.717, 1.165) is 26.0 Å². The molecule has 0 saturated heterocycles. The lowest BCUT2D eigenvalue weighted by atomic mass is 10.2. The van der Waals surface area contributed by atoms with E-state index in [1.165, 1.54) is 5.56 Å². The lowest BCUT2D eigenvalue weighted by molar-refractivity contribution is 0.203. The van der Waals surface area contributed by atoms with Crippen molar-refractivity contribution in [2.45, 2.75) is 26.4 Å². The second kappa shape index (κ2) is 9.97. The molecule has 2 rings (SSSR count). The van der Waals surface area contributed by atoms with Crippen molar-refractivity contribution in [3.05, 3.63) is 48.2 Å². The highest BCUT2D eigenvalue weighted by molar-refractivity contribution is 5.38. The van der Waals surface area contributed by atoms with Crippen LogP contribution in [-0.2, 0) is 11.3 Å². The molecule has 1 N–H and O–H groups in total. The van der Waals surface area contributed by atoms with Crippen LogP contribution in [-0.4, -0.2) is 48.3 Å². The smallest absolute Gasteiger partial charge is 0.150 e. The summed E-state index contributed by atoms with van der Waals surface area (Å²) in [5, 5.41) is 11.7. The van der Waals surface area contributed by atoms with Crippen LogP contribution in [0.15, 0.2) is 42.6 Å². The van der Waals surface area contributed by atoms with Crippen molar-refractivity contribution < 1.29 is 9.84 Å². The molecule has 0 aliphatic heterocycles. The molecule has 1 aromatic carbocycles. The van der Waals surface area contributed by atoms with Crippen LogP contribution < -0.4 is 4.90 Å². The Bertz CT molecular complexity index is 512. The third-order valence-electron chi connectivity index (χ3n) is 3.27. The molecule has 0 bridgehead atoms. The molecular weight excluding hydrogens is 278 g/mol. The topological polar surface area (TPSA) is 50.5 Å². The maximum atomic E-state index is 7.00. The number of aliphatic hydroxyl groups is 1. The Morgan fingerprint density at radius 1 is 1.18 bits per heavy atom. The van der Waals surface area contributed by atoms with E-state index in [-0.39, 0.29) is 0 Å². The normalized spacial score (nSPS) is 10.3. The summed E-state index contributed by atoms with van der Waals surface area (Å²) in [5.74, 6) is 1.01. The highest BCUT2D eigenvalue weighted by Gasteiger charge is 2.13. The molecular formula is C17H27N3O2. The Balaban J connectivity index is 0.00000116. The highest BCUT2D eigenvalue weighted by Crippen LogP contribution is 2.14. The van der Waals surface area contributed by atoms with Crippen molar-refractivity contribution in [2.75, 3.05) is 32.3 Å². The molecule has 0 aliphatic rings. The van der Waals surface area contributed by atoms with Gasteiger partial charge < -0.3 is 14.7 Å². The molecule has 22 heavy (non-hydrogen) atoms. The van der Waals surface area contributed by atoms with Crippen LogP contribution in [0.5, 0.6) is 0 Å². The summed E-state index contributed by atoms with van der Waals surface area (Å²) in [4.78, 5) is 2.25. The standard InChI is InChI=1S/C16H23N3O.CH4O/c1-14(2)19(11-12-20-3)16-9-10-18(17-16)13-15-7-5-4-6-8-15;1-2/h4-10,14H,11-13H2,1-3H3;2H,1H3. The maximum Gasteiger partial charge on any atom is 0.150 e. The van der Waals surface area contributed by atoms with Crippen molar-refractivity contribution in [1.82, 2.24) is 9.78 Å². The first-order valence-electron chi connectivity index (χ1n) is 7.48. The summed E-state index contributed by atoms with van der Waals surface area (Å²) in [5.41, 5.74) is 1.26. The molecule has 122 valence electrons. The Labute approximate surface area is 133 Å². The molecule has 1 heterocycles. The van der Waals surface area contributed by atoms with Gasteiger partial charge in [-0.25, -0.2) is 0 Å². The number of ether oxygens (including phenoxy) is 1. The first-order valence-corrected chi connectivity index (χ1v) is 7.48. The van der Waals surface area contributed by atoms with Crippen molar-refractivity contribution >= 4 is 5.82 Å². The minimum Gasteiger partial charge on any atom is -0.400 e. The highest BCUT2D eigenvalue weighted by atomic mass is 16.5. The number of methoxy groups -OCH3 is 1. The van der Waals surface area contributed by atoms with Crippen molar-refractivity contribution in [3.63, 3.8) is 0 Å². The maximum absolute atomic E-state index is 7.00. The van der Waals surface area contributed by atoms with Crippen LogP contribution in [0.1, 0.15) is 19.4 Å². The summed E-state index contributed by atoms with van der Waals surface area (Å²) in [6.07, 6.45) is 2.03. The molecule has 0 atom stereocenters. The van der Waals surface area contributed by atoms with Gasteiger partial charge in [-0.15, -0.1) is 0 Å². The Morgan fingerprint density at radius 2 is 1.86 bits per heavy atom. The minimum atomic E-state index is 0.408. The fourth-order valence-corrected chi connectivity index (χ4v) is 2.19. The van der Waals surface area contributed by atoms with Gasteiger partial charge in [-0.05, 0) is 19.4 Å². The molecule has 0 aliphatic carbocycles. The van der Waals surface area contributed by atoms with E-state index in [4.69, 9.17) is 9.84 Å². The summed E-state index contributed by atoms with van der Waals surface area (Å²) < 4.78 is 7.15. The fourth-order valence-electron chi connectivity index (χ4n) is 2.19. The molecule has 0 unspecified atom stereocenters. The summed E-state index contributed by atoms with van der Waals surface area (Å²) in [6, 6.07) is 12.9. The number of anilines is 1. The molecule has 0 fully saturated rings. The Morgan fingerprint density at radius 3 is 2.45 bits per heavy atom. The summed E-state index contributed by atoms with van der Waals surface area (Å²) in [7, 11) is 2.73. The number of benzene rings is 1. The first-order chi connectivity index (χ1) is 10.7. The average molecular weight is 305 g/mol. The lowest BCUT2D eigenvalue weighted by Gasteiger charge is -2.26. The zero-order valence-corrected chi connectivity index (χ0v) is 13.9. The van der Waals surface area contributed by atoms with Gasteiger partial charge in [0.1, 0.15) is 0 Å². The van der Waals surface area contributed by atoms with Gasteiger partial charge in [0.2, 0.25) is 0 Å². The second-order valence-electron chi connectivity index (χ2n) is 5.14. The first kappa shape index (κ1) is 18.2. The number of aliphatic hydroxyl groups excluding tert-OH is 1. The molecule has 0 amide bonds. The Kier molecular flexibility index (Phi) is 8.25.